The van der Waals surface area contributed by atoms with Crippen LogP contribution in [0.1, 0.15) is 39.2 Å². The molecule has 2 aliphatic heterocycles. The van der Waals surface area contributed by atoms with Crippen LogP contribution < -0.4 is 14.8 Å². The number of ether oxygens (including phenoxy) is 3. The third-order valence-corrected chi connectivity index (χ3v) is 5.83. The molecule has 0 aliphatic carbocycles. The summed E-state index contributed by atoms with van der Waals surface area (Å²) in [6.45, 7) is 1.47. The number of imide groups is 1. The SMILES string of the molecule is CC(NC(=O)COC(=O)CN1C(=O)c2cc(Cl)c(Cl)cc2C1=O)c1ccc2c(c1)OCCO2. The molecule has 2 aromatic carbocycles. The molecule has 11 heteroatoms. The van der Waals surface area contributed by atoms with Crippen LogP contribution in [-0.2, 0) is 14.3 Å². The number of esters is 1. The van der Waals surface area contributed by atoms with Gasteiger partial charge >= 0.3 is 5.97 Å². The summed E-state index contributed by atoms with van der Waals surface area (Å²) < 4.78 is 15.9. The molecular weight excluding hydrogens is 475 g/mol. The Morgan fingerprint density at radius 2 is 1.64 bits per heavy atom. The zero-order valence-corrected chi connectivity index (χ0v) is 18.9. The van der Waals surface area contributed by atoms with Crippen molar-refractivity contribution in [2.45, 2.75) is 13.0 Å². The van der Waals surface area contributed by atoms with Gasteiger partial charge in [0.05, 0.1) is 27.2 Å². The minimum Gasteiger partial charge on any atom is -0.486 e. The molecule has 2 aromatic rings. The summed E-state index contributed by atoms with van der Waals surface area (Å²) in [5.41, 5.74) is 0.878. The first-order valence-corrected chi connectivity index (χ1v) is 10.7. The van der Waals surface area contributed by atoms with E-state index in [0.717, 1.165) is 10.5 Å². The minimum absolute atomic E-state index is 0.0493. The second-order valence-electron chi connectivity index (χ2n) is 7.36. The summed E-state index contributed by atoms with van der Waals surface area (Å²) in [5, 5.41) is 2.94. The van der Waals surface area contributed by atoms with E-state index in [0.29, 0.717) is 24.7 Å². The molecule has 0 spiro atoms. The summed E-state index contributed by atoms with van der Waals surface area (Å²) in [5.74, 6) is -1.62. The van der Waals surface area contributed by atoms with Crippen molar-refractivity contribution in [2.24, 2.45) is 0 Å². The van der Waals surface area contributed by atoms with Crippen LogP contribution in [0, 0.1) is 0 Å². The lowest BCUT2D eigenvalue weighted by molar-refractivity contribution is -0.148. The van der Waals surface area contributed by atoms with Crippen molar-refractivity contribution in [1.29, 1.82) is 0 Å². The third kappa shape index (κ3) is 4.74. The quantitative estimate of drug-likeness (QED) is 0.487. The zero-order valence-electron chi connectivity index (χ0n) is 17.4. The Labute approximate surface area is 198 Å². The van der Waals surface area contributed by atoms with E-state index in [1.54, 1.807) is 25.1 Å². The van der Waals surface area contributed by atoms with Crippen LogP contribution in [0.5, 0.6) is 11.5 Å². The molecule has 0 radical (unpaired) electrons. The fraction of sp³-hybridized carbons (Fsp3) is 0.273. The zero-order chi connectivity index (χ0) is 23.7. The lowest BCUT2D eigenvalue weighted by atomic mass is 10.1. The first-order chi connectivity index (χ1) is 15.7. The van der Waals surface area contributed by atoms with Crippen molar-refractivity contribution < 1.29 is 33.4 Å². The molecule has 0 saturated carbocycles. The lowest BCUT2D eigenvalue weighted by Gasteiger charge is -2.21. The first kappa shape index (κ1) is 22.9. The van der Waals surface area contributed by atoms with Gasteiger partial charge in [-0.2, -0.15) is 0 Å². The number of carbonyl (C=O) groups excluding carboxylic acids is 4. The van der Waals surface area contributed by atoms with Crippen LogP contribution in [0.3, 0.4) is 0 Å². The Hall–Kier alpha value is -3.30. The Kier molecular flexibility index (Phi) is 6.44. The lowest BCUT2D eigenvalue weighted by Crippen LogP contribution is -2.37. The maximum Gasteiger partial charge on any atom is 0.326 e. The summed E-state index contributed by atoms with van der Waals surface area (Å²) in [4.78, 5) is 50.0. The number of hydrogen-bond donors (Lipinski definition) is 1. The number of hydrogen-bond acceptors (Lipinski definition) is 7. The number of halogens is 2. The molecule has 0 bridgehead atoms. The van der Waals surface area contributed by atoms with Crippen LogP contribution in [0.25, 0.3) is 0 Å². The highest BCUT2D eigenvalue weighted by Gasteiger charge is 2.37. The van der Waals surface area contributed by atoms with Gasteiger partial charge in [0, 0.05) is 0 Å². The summed E-state index contributed by atoms with van der Waals surface area (Å²) in [6.07, 6.45) is 0. The van der Waals surface area contributed by atoms with E-state index in [4.69, 9.17) is 37.4 Å². The molecule has 1 N–H and O–H groups in total. The molecule has 3 amide bonds. The van der Waals surface area contributed by atoms with E-state index >= 15 is 0 Å². The second kappa shape index (κ2) is 9.29. The predicted octanol–water partition coefficient (Wildman–Crippen LogP) is 2.78. The van der Waals surface area contributed by atoms with Gasteiger partial charge in [-0.3, -0.25) is 24.1 Å². The first-order valence-electron chi connectivity index (χ1n) is 9.94. The van der Waals surface area contributed by atoms with Crippen molar-refractivity contribution in [2.75, 3.05) is 26.4 Å². The molecule has 0 saturated heterocycles. The summed E-state index contributed by atoms with van der Waals surface area (Å²) >= 11 is 11.8. The Morgan fingerprint density at radius 3 is 2.27 bits per heavy atom. The van der Waals surface area contributed by atoms with E-state index < -0.39 is 42.9 Å². The van der Waals surface area contributed by atoms with Crippen molar-refractivity contribution in [1.82, 2.24) is 10.2 Å². The van der Waals surface area contributed by atoms with Crippen molar-refractivity contribution in [3.63, 3.8) is 0 Å². The van der Waals surface area contributed by atoms with E-state index in [9.17, 15) is 19.2 Å². The molecule has 0 fully saturated rings. The molecule has 2 heterocycles. The number of fused-ring (bicyclic) bond motifs is 2. The van der Waals surface area contributed by atoms with Crippen LogP contribution >= 0.6 is 23.2 Å². The highest BCUT2D eigenvalue weighted by Crippen LogP contribution is 2.33. The van der Waals surface area contributed by atoms with E-state index in [1.165, 1.54) is 12.1 Å². The molecule has 1 atom stereocenters. The predicted molar refractivity (Wildman–Crippen MR) is 117 cm³/mol. The van der Waals surface area contributed by atoms with Crippen LogP contribution in [0.2, 0.25) is 10.0 Å². The Balaban J connectivity index is 1.30. The van der Waals surface area contributed by atoms with E-state index in [2.05, 4.69) is 5.32 Å². The fourth-order valence-electron chi connectivity index (χ4n) is 3.44. The van der Waals surface area contributed by atoms with Crippen LogP contribution in [0.15, 0.2) is 30.3 Å². The molecule has 4 rings (SSSR count). The maximum atomic E-state index is 12.4. The van der Waals surface area contributed by atoms with Gasteiger partial charge in [0.1, 0.15) is 19.8 Å². The average molecular weight is 493 g/mol. The van der Waals surface area contributed by atoms with Gasteiger partial charge in [0.15, 0.2) is 18.1 Å². The van der Waals surface area contributed by atoms with Crippen molar-refractivity contribution in [3.05, 3.63) is 57.1 Å². The fourth-order valence-corrected chi connectivity index (χ4v) is 3.77. The highest BCUT2D eigenvalue weighted by atomic mass is 35.5. The average Bonchev–Trinajstić information content (AvgIpc) is 3.01. The normalized spacial score (nSPS) is 15.2. The number of benzene rings is 2. The largest absolute Gasteiger partial charge is 0.486 e. The van der Waals surface area contributed by atoms with Gasteiger partial charge in [-0.25, -0.2) is 0 Å². The topological polar surface area (TPSA) is 111 Å². The standard InChI is InChI=1S/C22H18Cl2N2O7/c1-11(12-2-3-17-18(6-12)32-5-4-31-17)25-19(27)10-33-20(28)9-26-21(29)13-7-15(23)16(24)8-14(13)22(26)30/h2-3,6-8,11H,4-5,9-10H2,1H3,(H,25,27). The van der Waals surface area contributed by atoms with Gasteiger partial charge in [-0.15, -0.1) is 0 Å². The Bertz CT molecular complexity index is 1130. The van der Waals surface area contributed by atoms with Gasteiger partial charge in [0.2, 0.25) is 0 Å². The number of nitrogens with one attached hydrogen (secondary N) is 1. The van der Waals surface area contributed by atoms with Gasteiger partial charge < -0.3 is 19.5 Å². The Morgan fingerprint density at radius 1 is 1.03 bits per heavy atom. The summed E-state index contributed by atoms with van der Waals surface area (Å²) in [7, 11) is 0. The van der Waals surface area contributed by atoms with E-state index in [1.807, 2.05) is 0 Å². The molecule has 2 aliphatic rings. The molecule has 33 heavy (non-hydrogen) atoms. The highest BCUT2D eigenvalue weighted by molar-refractivity contribution is 6.43. The number of rotatable bonds is 6. The van der Waals surface area contributed by atoms with Crippen LogP contribution in [0.4, 0.5) is 0 Å². The monoisotopic (exact) mass is 492 g/mol. The second-order valence-corrected chi connectivity index (χ2v) is 8.18. The summed E-state index contributed by atoms with van der Waals surface area (Å²) in [6, 6.07) is 7.49. The van der Waals surface area contributed by atoms with Crippen LogP contribution in [-0.4, -0.2) is 55.0 Å². The molecule has 0 aromatic heterocycles. The van der Waals surface area contributed by atoms with Gasteiger partial charge in [-0.05, 0) is 36.8 Å². The van der Waals surface area contributed by atoms with Crippen molar-refractivity contribution >= 4 is 46.9 Å². The molecule has 9 nitrogen and oxygen atoms in total. The smallest absolute Gasteiger partial charge is 0.326 e. The van der Waals surface area contributed by atoms with Crippen molar-refractivity contribution in [3.8, 4) is 11.5 Å². The number of amides is 3. The van der Waals surface area contributed by atoms with Gasteiger partial charge in [-0.1, -0.05) is 29.3 Å². The maximum absolute atomic E-state index is 12.4. The number of nitrogens with zero attached hydrogens (tertiary/aromatic N) is 1. The van der Waals surface area contributed by atoms with E-state index in [-0.39, 0.29) is 21.2 Å². The molecule has 172 valence electrons. The minimum atomic E-state index is -0.913. The molecular formula is C22H18Cl2N2O7. The molecule has 1 unspecified atom stereocenters. The number of carbonyl (C=O) groups is 4. The third-order valence-electron chi connectivity index (χ3n) is 5.11. The van der Waals surface area contributed by atoms with Gasteiger partial charge in [0.25, 0.3) is 17.7 Å².